The van der Waals surface area contributed by atoms with E-state index >= 15 is 0 Å². The number of nitrogens with zero attached hydrogens (tertiary/aromatic N) is 5. The molecule has 0 atom stereocenters. The lowest BCUT2D eigenvalue weighted by atomic mass is 10.0. The van der Waals surface area contributed by atoms with Gasteiger partial charge in [-0.05, 0) is 38.5 Å². The molecular weight excluding hydrogens is 240 g/mol. The molecule has 0 aromatic carbocycles. The summed E-state index contributed by atoms with van der Waals surface area (Å²) in [5.74, 6) is 0.759. The molecule has 7 heteroatoms. The molecular formula is C10H17ClN6. The Balaban J connectivity index is 2.05. The average Bonchev–Trinajstić information content (AvgIpc) is 2.28. The van der Waals surface area contributed by atoms with Crippen LogP contribution in [0.5, 0.6) is 0 Å². The highest BCUT2D eigenvalue weighted by Crippen LogP contribution is 2.19. The summed E-state index contributed by atoms with van der Waals surface area (Å²) in [7, 11) is 4.22. The van der Waals surface area contributed by atoms with Crippen molar-refractivity contribution in [2.75, 3.05) is 37.8 Å². The molecule has 0 spiro atoms. The van der Waals surface area contributed by atoms with Gasteiger partial charge in [0.1, 0.15) is 0 Å². The number of hydrogen-bond acceptors (Lipinski definition) is 6. The van der Waals surface area contributed by atoms with Crippen LogP contribution in [0.15, 0.2) is 0 Å². The Morgan fingerprint density at radius 2 is 1.88 bits per heavy atom. The Bertz CT molecular complexity index is 368. The highest BCUT2D eigenvalue weighted by Gasteiger charge is 2.22. The number of halogens is 1. The van der Waals surface area contributed by atoms with Crippen molar-refractivity contribution in [1.82, 2.24) is 19.9 Å². The van der Waals surface area contributed by atoms with Crippen LogP contribution in [0.1, 0.15) is 12.8 Å². The molecule has 0 radical (unpaired) electrons. The van der Waals surface area contributed by atoms with E-state index in [0.29, 0.717) is 12.0 Å². The molecule has 1 saturated heterocycles. The van der Waals surface area contributed by atoms with E-state index < -0.39 is 0 Å². The Hall–Kier alpha value is -1.14. The maximum absolute atomic E-state index is 5.77. The average molecular weight is 257 g/mol. The van der Waals surface area contributed by atoms with E-state index in [2.05, 4.69) is 38.8 Å². The van der Waals surface area contributed by atoms with Crippen LogP contribution in [0, 0.1) is 0 Å². The van der Waals surface area contributed by atoms with E-state index in [4.69, 9.17) is 17.3 Å². The summed E-state index contributed by atoms with van der Waals surface area (Å²) in [5.41, 5.74) is 5.56. The molecule has 0 amide bonds. The second kappa shape index (κ2) is 5.01. The summed E-state index contributed by atoms with van der Waals surface area (Å²) in [5, 5.41) is 0.155. The minimum absolute atomic E-state index is 0.155. The van der Waals surface area contributed by atoms with Crippen molar-refractivity contribution >= 4 is 23.5 Å². The first-order chi connectivity index (χ1) is 8.06. The quantitative estimate of drug-likeness (QED) is 0.837. The zero-order valence-corrected chi connectivity index (χ0v) is 10.9. The zero-order chi connectivity index (χ0) is 12.4. The van der Waals surface area contributed by atoms with Gasteiger partial charge in [-0.1, -0.05) is 0 Å². The number of nitrogens with two attached hydrogens (primary N) is 1. The largest absolute Gasteiger partial charge is 0.368 e. The topological polar surface area (TPSA) is 71.2 Å². The van der Waals surface area contributed by atoms with E-state index in [1.807, 2.05) is 0 Å². The van der Waals surface area contributed by atoms with Gasteiger partial charge in [-0.2, -0.15) is 15.0 Å². The Morgan fingerprint density at radius 3 is 2.41 bits per heavy atom. The van der Waals surface area contributed by atoms with E-state index in [1.165, 1.54) is 0 Å². The minimum atomic E-state index is 0.155. The summed E-state index contributed by atoms with van der Waals surface area (Å²) in [6.45, 7) is 1.84. The minimum Gasteiger partial charge on any atom is -0.368 e. The SMILES string of the molecule is CN(C)C1CCN(c2nc(N)nc(Cl)n2)CC1. The predicted molar refractivity (Wildman–Crippen MR) is 68.2 cm³/mol. The van der Waals surface area contributed by atoms with Crippen LogP contribution in [0.25, 0.3) is 0 Å². The number of nitrogen functional groups attached to an aromatic ring is 1. The Morgan fingerprint density at radius 1 is 1.24 bits per heavy atom. The zero-order valence-electron chi connectivity index (χ0n) is 10.1. The van der Waals surface area contributed by atoms with Crippen LogP contribution in [-0.2, 0) is 0 Å². The van der Waals surface area contributed by atoms with Crippen molar-refractivity contribution in [2.24, 2.45) is 0 Å². The van der Waals surface area contributed by atoms with Crippen molar-refractivity contribution in [1.29, 1.82) is 0 Å². The molecule has 6 nitrogen and oxygen atoms in total. The van der Waals surface area contributed by atoms with Crippen LogP contribution in [0.2, 0.25) is 5.28 Å². The molecule has 0 unspecified atom stereocenters. The van der Waals surface area contributed by atoms with Gasteiger partial charge in [-0.3, -0.25) is 0 Å². The van der Waals surface area contributed by atoms with Gasteiger partial charge in [-0.25, -0.2) is 0 Å². The van der Waals surface area contributed by atoms with Gasteiger partial charge in [0.05, 0.1) is 0 Å². The lowest BCUT2D eigenvalue weighted by Crippen LogP contribution is -2.42. The smallest absolute Gasteiger partial charge is 0.231 e. The Labute approximate surface area is 106 Å². The van der Waals surface area contributed by atoms with Crippen molar-refractivity contribution < 1.29 is 0 Å². The third-order valence-electron chi connectivity index (χ3n) is 3.09. The molecule has 0 bridgehead atoms. The number of aromatic nitrogens is 3. The molecule has 0 saturated carbocycles. The van der Waals surface area contributed by atoms with Crippen molar-refractivity contribution in [2.45, 2.75) is 18.9 Å². The third kappa shape index (κ3) is 2.95. The molecule has 1 aliphatic rings. The number of hydrogen-bond donors (Lipinski definition) is 1. The van der Waals surface area contributed by atoms with Gasteiger partial charge in [0.15, 0.2) is 0 Å². The van der Waals surface area contributed by atoms with Crippen LogP contribution in [0.4, 0.5) is 11.9 Å². The molecule has 1 aliphatic heterocycles. The molecule has 1 aromatic rings. The lowest BCUT2D eigenvalue weighted by molar-refractivity contribution is 0.249. The fourth-order valence-corrected chi connectivity index (χ4v) is 2.24. The second-order valence-corrected chi connectivity index (χ2v) is 4.78. The maximum Gasteiger partial charge on any atom is 0.231 e. The second-order valence-electron chi connectivity index (χ2n) is 4.44. The first kappa shape index (κ1) is 12.3. The highest BCUT2D eigenvalue weighted by atomic mass is 35.5. The lowest BCUT2D eigenvalue weighted by Gasteiger charge is -2.35. The summed E-state index contributed by atoms with van der Waals surface area (Å²) in [4.78, 5) is 16.3. The molecule has 2 rings (SSSR count). The molecule has 1 fully saturated rings. The maximum atomic E-state index is 5.77. The number of piperidine rings is 1. The fourth-order valence-electron chi connectivity index (χ4n) is 2.08. The summed E-state index contributed by atoms with van der Waals surface area (Å²) in [6, 6.07) is 0.626. The van der Waals surface area contributed by atoms with Crippen molar-refractivity contribution in [3.63, 3.8) is 0 Å². The normalized spacial score (nSPS) is 17.8. The van der Waals surface area contributed by atoms with E-state index in [-0.39, 0.29) is 11.2 Å². The summed E-state index contributed by atoms with van der Waals surface area (Å²) < 4.78 is 0. The predicted octanol–water partition coefficient (Wildman–Crippen LogP) is 0.638. The van der Waals surface area contributed by atoms with E-state index in [9.17, 15) is 0 Å². The van der Waals surface area contributed by atoms with Gasteiger partial charge in [0.2, 0.25) is 17.2 Å². The van der Waals surface area contributed by atoms with Crippen molar-refractivity contribution in [3.8, 4) is 0 Å². The molecule has 2 heterocycles. The third-order valence-corrected chi connectivity index (χ3v) is 3.26. The molecule has 2 N–H and O–H groups in total. The Kier molecular flexibility index (Phi) is 3.63. The van der Waals surface area contributed by atoms with Crippen LogP contribution >= 0.6 is 11.6 Å². The first-order valence-electron chi connectivity index (χ1n) is 5.64. The standard InChI is InChI=1S/C10H17ClN6/c1-16(2)7-3-5-17(6-4-7)10-14-8(11)13-9(12)15-10/h7H,3-6H2,1-2H3,(H2,12,13,14,15). The van der Waals surface area contributed by atoms with Crippen LogP contribution in [-0.4, -0.2) is 53.1 Å². The van der Waals surface area contributed by atoms with Crippen LogP contribution < -0.4 is 10.6 Å². The van der Waals surface area contributed by atoms with Gasteiger partial charge in [0, 0.05) is 19.1 Å². The fraction of sp³-hybridized carbons (Fsp3) is 0.700. The van der Waals surface area contributed by atoms with E-state index in [0.717, 1.165) is 25.9 Å². The monoisotopic (exact) mass is 256 g/mol. The van der Waals surface area contributed by atoms with Crippen molar-refractivity contribution in [3.05, 3.63) is 5.28 Å². The van der Waals surface area contributed by atoms with Gasteiger partial charge < -0.3 is 15.5 Å². The summed E-state index contributed by atoms with van der Waals surface area (Å²) in [6.07, 6.45) is 2.19. The molecule has 0 aliphatic carbocycles. The first-order valence-corrected chi connectivity index (χ1v) is 6.02. The summed E-state index contributed by atoms with van der Waals surface area (Å²) >= 11 is 5.77. The van der Waals surface area contributed by atoms with Gasteiger partial charge >= 0.3 is 0 Å². The van der Waals surface area contributed by atoms with E-state index in [1.54, 1.807) is 0 Å². The number of anilines is 2. The molecule has 1 aromatic heterocycles. The molecule has 17 heavy (non-hydrogen) atoms. The van der Waals surface area contributed by atoms with Crippen LogP contribution in [0.3, 0.4) is 0 Å². The van der Waals surface area contributed by atoms with Gasteiger partial charge in [0.25, 0.3) is 0 Å². The highest BCUT2D eigenvalue weighted by molar-refractivity contribution is 6.28. The number of rotatable bonds is 2. The molecule has 94 valence electrons. The van der Waals surface area contributed by atoms with Gasteiger partial charge in [-0.15, -0.1) is 0 Å².